The van der Waals surface area contributed by atoms with Crippen LogP contribution >= 0.6 is 0 Å². The highest BCUT2D eigenvalue weighted by Crippen LogP contribution is 2.13. The number of alkyl carbamates (subject to hydrolysis) is 1. The van der Waals surface area contributed by atoms with Crippen LogP contribution in [-0.2, 0) is 30.6 Å². The van der Waals surface area contributed by atoms with Crippen LogP contribution in [0.3, 0.4) is 0 Å². The van der Waals surface area contributed by atoms with Gasteiger partial charge in [0.1, 0.15) is 12.6 Å². The predicted molar refractivity (Wildman–Crippen MR) is 85.6 cm³/mol. The molecule has 0 saturated carbocycles. The van der Waals surface area contributed by atoms with Crippen molar-refractivity contribution >= 4 is 23.9 Å². The van der Waals surface area contributed by atoms with Crippen molar-refractivity contribution in [2.24, 2.45) is 0 Å². The third kappa shape index (κ3) is 5.30. The minimum Gasteiger partial charge on any atom is -0.445 e. The maximum Gasteiger partial charge on any atom is 0.408 e. The second-order valence-corrected chi connectivity index (χ2v) is 5.54. The van der Waals surface area contributed by atoms with Gasteiger partial charge in [-0.05, 0) is 12.0 Å². The number of rotatable bonds is 7. The Kier molecular flexibility index (Phi) is 6.50. The van der Waals surface area contributed by atoms with E-state index in [1.54, 1.807) is 12.1 Å². The quantitative estimate of drug-likeness (QED) is 0.752. The zero-order chi connectivity index (χ0) is 18.2. The van der Waals surface area contributed by atoms with Crippen LogP contribution < -0.4 is 5.32 Å². The Hall–Kier alpha value is -2.90. The third-order valence-corrected chi connectivity index (χ3v) is 3.55. The number of amides is 3. The van der Waals surface area contributed by atoms with Gasteiger partial charge in [0.25, 0.3) is 11.8 Å². The van der Waals surface area contributed by atoms with E-state index in [2.05, 4.69) is 5.32 Å². The van der Waals surface area contributed by atoms with Crippen molar-refractivity contribution < 1.29 is 28.8 Å². The van der Waals surface area contributed by atoms with Crippen molar-refractivity contribution in [1.29, 1.82) is 0 Å². The summed E-state index contributed by atoms with van der Waals surface area (Å²) < 4.78 is 5.06. The molecule has 1 atom stereocenters. The molecule has 1 aromatic rings. The van der Waals surface area contributed by atoms with Gasteiger partial charge in [-0.1, -0.05) is 43.7 Å². The van der Waals surface area contributed by atoms with E-state index in [1.165, 1.54) is 0 Å². The summed E-state index contributed by atoms with van der Waals surface area (Å²) >= 11 is 0. The summed E-state index contributed by atoms with van der Waals surface area (Å²) in [7, 11) is 0. The maximum absolute atomic E-state index is 12.2. The monoisotopic (exact) mass is 348 g/mol. The molecule has 1 aliphatic rings. The van der Waals surface area contributed by atoms with E-state index >= 15 is 0 Å². The number of hydrogen-bond donors (Lipinski definition) is 1. The van der Waals surface area contributed by atoms with Gasteiger partial charge in [-0.2, -0.15) is 0 Å². The summed E-state index contributed by atoms with van der Waals surface area (Å²) in [5.74, 6) is -2.01. The second kappa shape index (κ2) is 8.81. The first-order chi connectivity index (χ1) is 12.0. The van der Waals surface area contributed by atoms with Crippen molar-refractivity contribution in [2.45, 2.75) is 45.3 Å². The summed E-state index contributed by atoms with van der Waals surface area (Å²) in [5.41, 5.74) is 0.806. The van der Waals surface area contributed by atoms with Crippen LogP contribution in [0.15, 0.2) is 30.3 Å². The molecule has 1 aromatic carbocycles. The molecule has 1 fully saturated rings. The molecular weight excluding hydrogens is 328 g/mol. The molecule has 0 aliphatic carbocycles. The minimum atomic E-state index is -1.01. The number of hydrogen-bond acceptors (Lipinski definition) is 6. The number of nitrogens with zero attached hydrogens (tertiary/aromatic N) is 1. The molecule has 134 valence electrons. The molecule has 1 N–H and O–H groups in total. The average Bonchev–Trinajstić information content (AvgIpc) is 2.92. The Labute approximate surface area is 145 Å². The molecular formula is C17H20N2O6. The molecule has 1 aliphatic heterocycles. The molecule has 1 unspecified atom stereocenters. The molecule has 0 bridgehead atoms. The van der Waals surface area contributed by atoms with E-state index < -0.39 is 29.9 Å². The Morgan fingerprint density at radius 2 is 1.80 bits per heavy atom. The molecule has 0 radical (unpaired) electrons. The summed E-state index contributed by atoms with van der Waals surface area (Å²) in [4.78, 5) is 51.9. The average molecular weight is 348 g/mol. The minimum absolute atomic E-state index is 0.0110. The highest BCUT2D eigenvalue weighted by Gasteiger charge is 2.35. The number of ether oxygens (including phenoxy) is 1. The SMILES string of the molecule is CCCC(NC(=O)OCc1ccccc1)C(=O)ON1C(=O)CCC1=O. The lowest BCUT2D eigenvalue weighted by Gasteiger charge is -2.19. The number of nitrogens with one attached hydrogen (secondary N) is 1. The summed E-state index contributed by atoms with van der Waals surface area (Å²) in [6.45, 7) is 1.88. The van der Waals surface area contributed by atoms with E-state index in [-0.39, 0.29) is 25.9 Å². The van der Waals surface area contributed by atoms with Crippen LogP contribution in [0.5, 0.6) is 0 Å². The van der Waals surface area contributed by atoms with Gasteiger partial charge in [-0.15, -0.1) is 5.06 Å². The fourth-order valence-electron chi connectivity index (χ4n) is 2.26. The third-order valence-electron chi connectivity index (χ3n) is 3.55. The number of carbonyl (C=O) groups is 4. The maximum atomic E-state index is 12.2. The summed E-state index contributed by atoms with van der Waals surface area (Å²) in [5, 5.41) is 2.87. The van der Waals surface area contributed by atoms with Gasteiger partial charge in [0.15, 0.2) is 0 Å². The van der Waals surface area contributed by atoms with Gasteiger partial charge in [0.2, 0.25) is 0 Å². The number of carbonyl (C=O) groups excluding carboxylic acids is 4. The molecule has 25 heavy (non-hydrogen) atoms. The normalized spacial score (nSPS) is 15.0. The molecule has 3 amide bonds. The smallest absolute Gasteiger partial charge is 0.408 e. The van der Waals surface area contributed by atoms with E-state index in [0.29, 0.717) is 11.5 Å². The molecule has 0 aromatic heterocycles. The molecule has 0 spiro atoms. The summed E-state index contributed by atoms with van der Waals surface area (Å²) in [6, 6.07) is 8.08. The van der Waals surface area contributed by atoms with E-state index in [4.69, 9.17) is 9.57 Å². The standard InChI is InChI=1S/C17H20N2O6/c1-2-6-13(16(22)25-19-14(20)9-10-15(19)21)18-17(23)24-11-12-7-4-3-5-8-12/h3-5,7-8,13H,2,6,9-11H2,1H3,(H,18,23). The first kappa shape index (κ1) is 18.4. The number of imide groups is 1. The topological polar surface area (TPSA) is 102 Å². The van der Waals surface area contributed by atoms with Gasteiger partial charge in [-0.25, -0.2) is 9.59 Å². The van der Waals surface area contributed by atoms with Crippen LogP contribution in [0.1, 0.15) is 38.2 Å². The molecule has 2 rings (SSSR count). The first-order valence-corrected chi connectivity index (χ1v) is 8.06. The Bertz CT molecular complexity index is 630. The Morgan fingerprint density at radius 3 is 2.40 bits per heavy atom. The first-order valence-electron chi connectivity index (χ1n) is 8.06. The zero-order valence-corrected chi connectivity index (χ0v) is 13.9. The summed E-state index contributed by atoms with van der Waals surface area (Å²) in [6.07, 6.45) is 0.114. The lowest BCUT2D eigenvalue weighted by atomic mass is 10.2. The van der Waals surface area contributed by atoms with Crippen molar-refractivity contribution in [3.05, 3.63) is 35.9 Å². The van der Waals surface area contributed by atoms with E-state index in [0.717, 1.165) is 5.56 Å². The number of hydroxylamine groups is 2. The second-order valence-electron chi connectivity index (χ2n) is 5.54. The lowest BCUT2D eigenvalue weighted by Crippen LogP contribution is -2.45. The van der Waals surface area contributed by atoms with Gasteiger partial charge in [-0.3, -0.25) is 9.59 Å². The van der Waals surface area contributed by atoms with Gasteiger partial charge >= 0.3 is 12.1 Å². The zero-order valence-electron chi connectivity index (χ0n) is 13.9. The molecule has 8 heteroatoms. The number of benzene rings is 1. The fourth-order valence-corrected chi connectivity index (χ4v) is 2.26. The van der Waals surface area contributed by atoms with Gasteiger partial charge in [0, 0.05) is 12.8 Å². The van der Waals surface area contributed by atoms with Crippen LogP contribution in [-0.4, -0.2) is 35.0 Å². The van der Waals surface area contributed by atoms with Crippen molar-refractivity contribution in [3.63, 3.8) is 0 Å². The van der Waals surface area contributed by atoms with Crippen LogP contribution in [0.25, 0.3) is 0 Å². The highest BCUT2D eigenvalue weighted by molar-refractivity contribution is 6.01. The van der Waals surface area contributed by atoms with Crippen LogP contribution in [0, 0.1) is 0 Å². The highest BCUT2D eigenvalue weighted by atomic mass is 16.7. The van der Waals surface area contributed by atoms with Gasteiger partial charge < -0.3 is 14.9 Å². The van der Waals surface area contributed by atoms with E-state index in [9.17, 15) is 19.2 Å². The van der Waals surface area contributed by atoms with Gasteiger partial charge in [0.05, 0.1) is 0 Å². The molecule has 1 heterocycles. The molecule has 1 saturated heterocycles. The molecule has 8 nitrogen and oxygen atoms in total. The fraction of sp³-hybridized carbons (Fsp3) is 0.412. The van der Waals surface area contributed by atoms with Crippen molar-refractivity contribution in [1.82, 2.24) is 10.4 Å². The predicted octanol–water partition coefficient (Wildman–Crippen LogP) is 1.69. The van der Waals surface area contributed by atoms with Crippen LogP contribution in [0.2, 0.25) is 0 Å². The van der Waals surface area contributed by atoms with Crippen LogP contribution in [0.4, 0.5) is 4.79 Å². The Morgan fingerprint density at radius 1 is 1.16 bits per heavy atom. The lowest BCUT2D eigenvalue weighted by molar-refractivity contribution is -0.199. The van der Waals surface area contributed by atoms with Crippen molar-refractivity contribution in [2.75, 3.05) is 0 Å². The largest absolute Gasteiger partial charge is 0.445 e. The Balaban J connectivity index is 1.88. The van der Waals surface area contributed by atoms with Crippen molar-refractivity contribution in [3.8, 4) is 0 Å². The van der Waals surface area contributed by atoms with E-state index in [1.807, 2.05) is 25.1 Å².